The Morgan fingerprint density at radius 2 is 1.93 bits per heavy atom. The Bertz CT molecular complexity index is 333. The largest absolute Gasteiger partial charge is 0.390 e. The van der Waals surface area contributed by atoms with Crippen LogP contribution in [0, 0.1) is 0 Å². The molecule has 88 valence electrons. The van der Waals surface area contributed by atoms with Gasteiger partial charge in [0.15, 0.2) is 0 Å². The van der Waals surface area contributed by atoms with Gasteiger partial charge in [-0.25, -0.2) is 12.7 Å². The van der Waals surface area contributed by atoms with Gasteiger partial charge in [0.2, 0.25) is 10.0 Å². The quantitative estimate of drug-likeness (QED) is 0.764. The van der Waals surface area contributed by atoms with Crippen LogP contribution in [0.4, 0.5) is 0 Å². The molecule has 0 bridgehead atoms. The first-order valence-electron chi connectivity index (χ1n) is 5.63. The van der Waals surface area contributed by atoms with Gasteiger partial charge in [-0.15, -0.1) is 0 Å². The van der Waals surface area contributed by atoms with Gasteiger partial charge in [0.1, 0.15) is 0 Å². The summed E-state index contributed by atoms with van der Waals surface area (Å²) in [6.07, 6.45) is 3.64. The van der Waals surface area contributed by atoms with Crippen LogP contribution in [0.15, 0.2) is 0 Å². The van der Waals surface area contributed by atoms with Crippen LogP contribution in [0.25, 0.3) is 0 Å². The third-order valence-corrected chi connectivity index (χ3v) is 5.73. The van der Waals surface area contributed by atoms with Crippen molar-refractivity contribution in [2.75, 3.05) is 13.1 Å². The maximum atomic E-state index is 12.0. The summed E-state index contributed by atoms with van der Waals surface area (Å²) in [5.74, 6) is 0. The highest BCUT2D eigenvalue weighted by Crippen LogP contribution is 2.33. The van der Waals surface area contributed by atoms with Crippen molar-refractivity contribution in [3.8, 4) is 0 Å². The van der Waals surface area contributed by atoms with Crippen molar-refractivity contribution in [2.24, 2.45) is 0 Å². The molecule has 2 aliphatic rings. The van der Waals surface area contributed by atoms with E-state index in [1.165, 1.54) is 0 Å². The molecule has 1 saturated carbocycles. The fourth-order valence-electron chi connectivity index (χ4n) is 2.07. The highest BCUT2D eigenvalue weighted by atomic mass is 32.2. The van der Waals surface area contributed by atoms with Crippen LogP contribution in [-0.2, 0) is 10.0 Å². The Kier molecular flexibility index (Phi) is 2.81. The lowest BCUT2D eigenvalue weighted by Crippen LogP contribution is -2.35. The monoisotopic (exact) mass is 233 g/mol. The van der Waals surface area contributed by atoms with Gasteiger partial charge in [-0.1, -0.05) is 0 Å². The van der Waals surface area contributed by atoms with Crippen molar-refractivity contribution in [3.05, 3.63) is 0 Å². The maximum absolute atomic E-state index is 12.0. The second kappa shape index (κ2) is 3.71. The fourth-order valence-corrected chi connectivity index (χ4v) is 3.95. The maximum Gasteiger partial charge on any atom is 0.216 e. The topological polar surface area (TPSA) is 57.6 Å². The van der Waals surface area contributed by atoms with Gasteiger partial charge < -0.3 is 5.11 Å². The molecular weight excluding hydrogens is 214 g/mol. The summed E-state index contributed by atoms with van der Waals surface area (Å²) in [5, 5.41) is 9.75. The van der Waals surface area contributed by atoms with E-state index in [-0.39, 0.29) is 5.25 Å². The van der Waals surface area contributed by atoms with Crippen LogP contribution in [0.5, 0.6) is 0 Å². The summed E-state index contributed by atoms with van der Waals surface area (Å²) in [6, 6.07) is 0. The number of hydrogen-bond acceptors (Lipinski definition) is 3. The molecule has 0 spiro atoms. The normalized spacial score (nSPS) is 35.1. The molecule has 15 heavy (non-hydrogen) atoms. The average molecular weight is 233 g/mol. The minimum atomic E-state index is -3.04. The van der Waals surface area contributed by atoms with Gasteiger partial charge in [-0.05, 0) is 39.0 Å². The van der Waals surface area contributed by atoms with E-state index in [4.69, 9.17) is 0 Å². The van der Waals surface area contributed by atoms with Crippen molar-refractivity contribution < 1.29 is 13.5 Å². The Morgan fingerprint density at radius 1 is 1.27 bits per heavy atom. The van der Waals surface area contributed by atoms with Gasteiger partial charge in [0.05, 0.1) is 10.9 Å². The molecule has 0 aromatic rings. The summed E-state index contributed by atoms with van der Waals surface area (Å²) in [6.45, 7) is 2.85. The Balaban J connectivity index is 2.05. The number of aliphatic hydroxyl groups is 1. The SMILES string of the molecule is CC1(O)CCCN(S(=O)(=O)C2CC2)CC1. The van der Waals surface area contributed by atoms with E-state index in [1.54, 1.807) is 11.2 Å². The molecule has 0 aromatic carbocycles. The molecule has 1 saturated heterocycles. The smallest absolute Gasteiger partial charge is 0.216 e. The molecule has 2 fully saturated rings. The summed E-state index contributed by atoms with van der Waals surface area (Å²) < 4.78 is 25.5. The fraction of sp³-hybridized carbons (Fsp3) is 1.00. The van der Waals surface area contributed by atoms with E-state index < -0.39 is 15.6 Å². The number of hydrogen-bond donors (Lipinski definition) is 1. The minimum Gasteiger partial charge on any atom is -0.390 e. The summed E-state index contributed by atoms with van der Waals surface area (Å²) in [5.41, 5.74) is -0.687. The number of sulfonamides is 1. The van der Waals surface area contributed by atoms with Gasteiger partial charge in [-0.3, -0.25) is 0 Å². The molecule has 1 aliphatic carbocycles. The summed E-state index contributed by atoms with van der Waals surface area (Å²) in [7, 11) is -3.04. The van der Waals surface area contributed by atoms with Crippen LogP contribution in [-0.4, -0.2) is 41.8 Å². The highest BCUT2D eigenvalue weighted by Gasteiger charge is 2.41. The van der Waals surface area contributed by atoms with Crippen molar-refractivity contribution in [1.82, 2.24) is 4.31 Å². The van der Waals surface area contributed by atoms with Crippen LogP contribution >= 0.6 is 0 Å². The molecular formula is C10H19NO3S. The van der Waals surface area contributed by atoms with Gasteiger partial charge >= 0.3 is 0 Å². The predicted molar refractivity (Wildman–Crippen MR) is 58.0 cm³/mol. The lowest BCUT2D eigenvalue weighted by molar-refractivity contribution is 0.0465. The Hall–Kier alpha value is -0.130. The van der Waals surface area contributed by atoms with E-state index in [9.17, 15) is 13.5 Å². The molecule has 0 aromatic heterocycles. The van der Waals surface area contributed by atoms with E-state index in [0.717, 1.165) is 19.3 Å². The molecule has 1 N–H and O–H groups in total. The number of nitrogens with zero attached hydrogens (tertiary/aromatic N) is 1. The van der Waals surface area contributed by atoms with E-state index in [2.05, 4.69) is 0 Å². The van der Waals surface area contributed by atoms with E-state index >= 15 is 0 Å². The third-order valence-electron chi connectivity index (χ3n) is 3.33. The zero-order chi connectivity index (χ0) is 11.1. The Morgan fingerprint density at radius 3 is 2.53 bits per heavy atom. The van der Waals surface area contributed by atoms with E-state index in [0.29, 0.717) is 25.9 Å². The van der Waals surface area contributed by atoms with Crippen LogP contribution in [0.1, 0.15) is 39.0 Å². The number of rotatable bonds is 2. The molecule has 5 heteroatoms. The van der Waals surface area contributed by atoms with Crippen molar-refractivity contribution in [1.29, 1.82) is 0 Å². The standard InChI is InChI=1S/C10H19NO3S/c1-10(12)5-2-7-11(8-6-10)15(13,14)9-3-4-9/h9,12H,2-8H2,1H3. The highest BCUT2D eigenvalue weighted by molar-refractivity contribution is 7.90. The lowest BCUT2D eigenvalue weighted by Gasteiger charge is -2.22. The average Bonchev–Trinajstić information content (AvgIpc) is 2.89. The van der Waals surface area contributed by atoms with Crippen molar-refractivity contribution in [2.45, 2.75) is 49.9 Å². The van der Waals surface area contributed by atoms with Gasteiger partial charge in [0, 0.05) is 13.1 Å². The van der Waals surface area contributed by atoms with Crippen LogP contribution in [0.2, 0.25) is 0 Å². The van der Waals surface area contributed by atoms with Gasteiger partial charge in [0.25, 0.3) is 0 Å². The lowest BCUT2D eigenvalue weighted by atomic mass is 9.98. The van der Waals surface area contributed by atoms with Crippen molar-refractivity contribution in [3.63, 3.8) is 0 Å². The molecule has 0 radical (unpaired) electrons. The third kappa shape index (κ3) is 2.52. The first-order chi connectivity index (χ1) is 6.92. The molecule has 1 aliphatic heterocycles. The second-order valence-corrected chi connectivity index (χ2v) is 7.21. The molecule has 1 atom stereocenters. The molecule has 4 nitrogen and oxygen atoms in total. The summed E-state index contributed by atoms with van der Waals surface area (Å²) >= 11 is 0. The zero-order valence-corrected chi connectivity index (χ0v) is 9.96. The Labute approximate surface area is 91.3 Å². The van der Waals surface area contributed by atoms with Gasteiger partial charge in [-0.2, -0.15) is 0 Å². The first-order valence-corrected chi connectivity index (χ1v) is 7.13. The predicted octanol–water partition coefficient (Wildman–Crippen LogP) is 0.716. The summed E-state index contributed by atoms with van der Waals surface area (Å²) in [4.78, 5) is 0. The molecule has 1 unspecified atom stereocenters. The first kappa shape index (κ1) is 11.4. The van der Waals surface area contributed by atoms with Crippen LogP contribution < -0.4 is 0 Å². The van der Waals surface area contributed by atoms with E-state index in [1.807, 2.05) is 0 Å². The minimum absolute atomic E-state index is 0.124. The second-order valence-electron chi connectivity index (χ2n) is 4.99. The zero-order valence-electron chi connectivity index (χ0n) is 9.15. The van der Waals surface area contributed by atoms with Crippen molar-refractivity contribution >= 4 is 10.0 Å². The molecule has 0 amide bonds. The molecule has 1 heterocycles. The molecule has 2 rings (SSSR count). The van der Waals surface area contributed by atoms with Crippen LogP contribution in [0.3, 0.4) is 0 Å².